The molecule has 2 saturated heterocycles. The van der Waals surface area contributed by atoms with E-state index < -0.39 is 6.10 Å². The molecule has 1 aromatic carbocycles. The minimum absolute atomic E-state index is 0.0124. The van der Waals surface area contributed by atoms with Crippen molar-refractivity contribution in [3.63, 3.8) is 0 Å². The van der Waals surface area contributed by atoms with Gasteiger partial charge in [-0.3, -0.25) is 4.79 Å². The molecule has 2 N–H and O–H groups in total. The van der Waals surface area contributed by atoms with Crippen LogP contribution in [0, 0.1) is 11.7 Å². The van der Waals surface area contributed by atoms with Crippen LogP contribution in [0.25, 0.3) is 0 Å². The first-order chi connectivity index (χ1) is 10.6. The lowest BCUT2D eigenvalue weighted by atomic mass is 10.0. The fourth-order valence-corrected chi connectivity index (χ4v) is 3.57. The molecule has 0 spiro atoms. The third-order valence-corrected chi connectivity index (χ3v) is 4.67. The normalized spacial score (nSPS) is 31.7. The summed E-state index contributed by atoms with van der Waals surface area (Å²) in [6.45, 7) is 3.28. The van der Waals surface area contributed by atoms with E-state index in [1.54, 1.807) is 6.07 Å². The van der Waals surface area contributed by atoms with E-state index in [0.717, 1.165) is 24.8 Å². The van der Waals surface area contributed by atoms with E-state index >= 15 is 0 Å². The minimum Gasteiger partial charge on any atom is -0.364 e. The fourth-order valence-electron chi connectivity index (χ4n) is 3.57. The molecule has 4 nitrogen and oxygen atoms in total. The molecule has 3 rings (SSSR count). The second-order valence-electron chi connectivity index (χ2n) is 6.46. The molecule has 2 aliphatic rings. The number of halogens is 1. The summed E-state index contributed by atoms with van der Waals surface area (Å²) in [4.78, 5) is 14.7. The highest BCUT2D eigenvalue weighted by molar-refractivity contribution is 5.82. The number of hydrogen-bond donors (Lipinski definition) is 1. The number of nitrogens with two attached hydrogens (primary N) is 1. The van der Waals surface area contributed by atoms with Crippen LogP contribution in [0.5, 0.6) is 0 Å². The third kappa shape index (κ3) is 3.01. The van der Waals surface area contributed by atoms with Crippen molar-refractivity contribution >= 4 is 5.91 Å². The molecule has 2 unspecified atom stereocenters. The average Bonchev–Trinajstić information content (AvgIpc) is 3.13. The maximum absolute atomic E-state index is 13.5. The molecule has 22 heavy (non-hydrogen) atoms. The van der Waals surface area contributed by atoms with Gasteiger partial charge < -0.3 is 15.4 Å². The van der Waals surface area contributed by atoms with Crippen LogP contribution in [0.2, 0.25) is 0 Å². The van der Waals surface area contributed by atoms with Crippen molar-refractivity contribution < 1.29 is 13.9 Å². The van der Waals surface area contributed by atoms with Crippen molar-refractivity contribution in [1.29, 1.82) is 0 Å². The summed E-state index contributed by atoms with van der Waals surface area (Å²) in [6.07, 6.45) is 2.02. The molecule has 120 valence electrons. The smallest absolute Gasteiger partial charge is 0.252 e. The van der Waals surface area contributed by atoms with Crippen LogP contribution < -0.4 is 5.73 Å². The van der Waals surface area contributed by atoms with Gasteiger partial charge in [0.1, 0.15) is 11.9 Å². The number of hydrogen-bond acceptors (Lipinski definition) is 3. The molecule has 5 heteroatoms. The lowest BCUT2D eigenvalue weighted by molar-refractivity contribution is -0.143. The molecular formula is C17H23FN2O2. The van der Waals surface area contributed by atoms with Crippen LogP contribution in [-0.4, -0.2) is 36.1 Å². The Bertz CT molecular complexity index is 551. The SMILES string of the molecule is CC1CC(c2cccc(F)c2)N(C(=O)[C@@H]2CC[C@H](CN)O2)C1. The Morgan fingerprint density at radius 2 is 2.27 bits per heavy atom. The van der Waals surface area contributed by atoms with Gasteiger partial charge in [0.15, 0.2) is 0 Å². The molecule has 1 amide bonds. The van der Waals surface area contributed by atoms with Crippen molar-refractivity contribution in [1.82, 2.24) is 4.90 Å². The van der Waals surface area contributed by atoms with Crippen LogP contribution >= 0.6 is 0 Å². The summed E-state index contributed by atoms with van der Waals surface area (Å²) in [5.41, 5.74) is 6.48. The van der Waals surface area contributed by atoms with E-state index in [0.29, 0.717) is 19.0 Å². The molecule has 2 fully saturated rings. The Hall–Kier alpha value is -1.46. The summed E-state index contributed by atoms with van der Waals surface area (Å²) < 4.78 is 19.2. The Kier molecular flexibility index (Phi) is 4.45. The van der Waals surface area contributed by atoms with Gasteiger partial charge in [0.05, 0.1) is 12.1 Å². The zero-order valence-electron chi connectivity index (χ0n) is 12.9. The Balaban J connectivity index is 1.77. The van der Waals surface area contributed by atoms with Crippen LogP contribution in [0.15, 0.2) is 24.3 Å². The number of nitrogens with zero attached hydrogens (tertiary/aromatic N) is 1. The predicted octanol–water partition coefficient (Wildman–Crippen LogP) is 2.24. The van der Waals surface area contributed by atoms with Gasteiger partial charge in [0.25, 0.3) is 5.91 Å². The summed E-state index contributed by atoms with van der Waals surface area (Å²) >= 11 is 0. The zero-order valence-corrected chi connectivity index (χ0v) is 12.9. The Morgan fingerprint density at radius 3 is 2.95 bits per heavy atom. The largest absolute Gasteiger partial charge is 0.364 e. The van der Waals surface area contributed by atoms with Crippen LogP contribution in [0.3, 0.4) is 0 Å². The van der Waals surface area contributed by atoms with Gasteiger partial charge in [-0.1, -0.05) is 19.1 Å². The number of ether oxygens (including phenoxy) is 1. The first-order valence-electron chi connectivity index (χ1n) is 8.00. The van der Waals surface area contributed by atoms with Crippen molar-refractivity contribution in [2.75, 3.05) is 13.1 Å². The standard InChI is InChI=1S/C17H23FN2O2/c1-11-7-15(12-3-2-4-13(18)8-12)20(10-11)17(21)16-6-5-14(9-19)22-16/h2-4,8,11,14-16H,5-7,9-10,19H2,1H3/t11?,14-,15?,16+/m1/s1. The maximum atomic E-state index is 13.5. The van der Waals surface area contributed by atoms with Gasteiger partial charge in [0, 0.05) is 13.1 Å². The fraction of sp³-hybridized carbons (Fsp3) is 0.588. The number of carbonyl (C=O) groups is 1. The van der Waals surface area contributed by atoms with Crippen LogP contribution in [-0.2, 0) is 9.53 Å². The average molecular weight is 306 g/mol. The first kappa shape index (κ1) is 15.4. The highest BCUT2D eigenvalue weighted by Crippen LogP contribution is 2.37. The van der Waals surface area contributed by atoms with E-state index in [2.05, 4.69) is 6.92 Å². The minimum atomic E-state index is -0.394. The maximum Gasteiger partial charge on any atom is 0.252 e. The molecule has 0 saturated carbocycles. The zero-order chi connectivity index (χ0) is 15.7. The van der Waals surface area contributed by atoms with E-state index in [1.807, 2.05) is 11.0 Å². The number of rotatable bonds is 3. The quantitative estimate of drug-likeness (QED) is 0.932. The molecule has 0 bridgehead atoms. The number of benzene rings is 1. The molecule has 1 aromatic rings. The summed E-state index contributed by atoms with van der Waals surface area (Å²) in [6, 6.07) is 6.50. The molecular weight excluding hydrogens is 283 g/mol. The molecule has 0 aliphatic carbocycles. The second kappa shape index (κ2) is 6.34. The lowest BCUT2D eigenvalue weighted by Crippen LogP contribution is -2.39. The van der Waals surface area contributed by atoms with Gasteiger partial charge >= 0.3 is 0 Å². The number of amides is 1. The molecule has 2 heterocycles. The Labute approximate surface area is 130 Å². The molecule has 2 aliphatic heterocycles. The van der Waals surface area contributed by atoms with E-state index in [9.17, 15) is 9.18 Å². The monoisotopic (exact) mass is 306 g/mol. The Morgan fingerprint density at radius 1 is 1.45 bits per heavy atom. The second-order valence-corrected chi connectivity index (χ2v) is 6.46. The third-order valence-electron chi connectivity index (χ3n) is 4.67. The van der Waals surface area contributed by atoms with Gasteiger partial charge in [-0.25, -0.2) is 4.39 Å². The lowest BCUT2D eigenvalue weighted by Gasteiger charge is -2.27. The van der Waals surface area contributed by atoms with E-state index in [1.165, 1.54) is 12.1 Å². The van der Waals surface area contributed by atoms with Gasteiger partial charge in [-0.2, -0.15) is 0 Å². The van der Waals surface area contributed by atoms with Crippen LogP contribution in [0.1, 0.15) is 37.8 Å². The summed E-state index contributed by atoms with van der Waals surface area (Å²) in [5.74, 6) is 0.170. The van der Waals surface area contributed by atoms with Gasteiger partial charge in [0.2, 0.25) is 0 Å². The van der Waals surface area contributed by atoms with Crippen molar-refractivity contribution in [2.24, 2.45) is 11.7 Å². The number of likely N-dealkylation sites (tertiary alicyclic amines) is 1. The van der Waals surface area contributed by atoms with E-state index in [-0.39, 0.29) is 23.9 Å². The first-order valence-corrected chi connectivity index (χ1v) is 8.00. The molecule has 4 atom stereocenters. The van der Waals surface area contributed by atoms with Crippen molar-refractivity contribution in [2.45, 2.75) is 44.4 Å². The van der Waals surface area contributed by atoms with Crippen molar-refractivity contribution in [3.8, 4) is 0 Å². The van der Waals surface area contributed by atoms with Gasteiger partial charge in [-0.15, -0.1) is 0 Å². The highest BCUT2D eigenvalue weighted by atomic mass is 19.1. The van der Waals surface area contributed by atoms with Crippen LogP contribution in [0.4, 0.5) is 4.39 Å². The molecule has 0 radical (unpaired) electrons. The summed E-state index contributed by atoms with van der Waals surface area (Å²) in [5, 5.41) is 0. The topological polar surface area (TPSA) is 55.6 Å². The number of carbonyl (C=O) groups excluding carboxylic acids is 1. The van der Waals surface area contributed by atoms with Crippen molar-refractivity contribution in [3.05, 3.63) is 35.6 Å². The van der Waals surface area contributed by atoms with Gasteiger partial charge in [-0.05, 0) is 42.9 Å². The molecule has 0 aromatic heterocycles. The van der Waals surface area contributed by atoms with E-state index in [4.69, 9.17) is 10.5 Å². The predicted molar refractivity (Wildman–Crippen MR) is 81.6 cm³/mol. The highest BCUT2D eigenvalue weighted by Gasteiger charge is 2.40. The summed E-state index contributed by atoms with van der Waals surface area (Å²) in [7, 11) is 0.